The van der Waals surface area contributed by atoms with Gasteiger partial charge in [0.25, 0.3) is 11.5 Å². The molecule has 0 radical (unpaired) electrons. The maximum absolute atomic E-state index is 12.6. The minimum Gasteiger partial charge on any atom is -0.338 e. The van der Waals surface area contributed by atoms with E-state index >= 15 is 0 Å². The number of carbonyl (C=O) groups is 1. The van der Waals surface area contributed by atoms with E-state index < -0.39 is 0 Å². The minimum absolute atomic E-state index is 0.0165. The van der Waals surface area contributed by atoms with Gasteiger partial charge in [0.15, 0.2) is 0 Å². The summed E-state index contributed by atoms with van der Waals surface area (Å²) in [5.74, 6) is 2.24. The van der Waals surface area contributed by atoms with Crippen molar-refractivity contribution in [3.63, 3.8) is 0 Å². The molecule has 0 bridgehead atoms. The second kappa shape index (κ2) is 6.33. The van der Waals surface area contributed by atoms with Crippen molar-refractivity contribution >= 4 is 17.7 Å². The lowest BCUT2D eigenvalue weighted by Gasteiger charge is -2.39. The lowest BCUT2D eigenvalue weighted by Crippen LogP contribution is -2.52. The highest BCUT2D eigenvalue weighted by Gasteiger charge is 2.33. The van der Waals surface area contributed by atoms with Gasteiger partial charge in [0.2, 0.25) is 0 Å². The summed E-state index contributed by atoms with van der Waals surface area (Å²) in [6.45, 7) is 5.59. The van der Waals surface area contributed by atoms with Crippen molar-refractivity contribution < 1.29 is 4.79 Å². The van der Waals surface area contributed by atoms with Crippen LogP contribution < -0.4 is 5.56 Å². The number of fused-ring (bicyclic) bond motifs is 1. The molecule has 2 aromatic rings. The average Bonchev–Trinajstić information content (AvgIpc) is 2.89. The highest BCUT2D eigenvalue weighted by Crippen LogP contribution is 2.24. The molecule has 2 aliphatic heterocycles. The molecule has 0 spiro atoms. The van der Waals surface area contributed by atoms with E-state index in [-0.39, 0.29) is 17.4 Å². The Morgan fingerprint density at radius 3 is 2.92 bits per heavy atom. The summed E-state index contributed by atoms with van der Waals surface area (Å²) in [5, 5.41) is 11.5. The molecule has 4 heterocycles. The third kappa shape index (κ3) is 2.99. The zero-order valence-electron chi connectivity index (χ0n) is 14.4. The van der Waals surface area contributed by atoms with Gasteiger partial charge in [0.05, 0.1) is 23.5 Å². The van der Waals surface area contributed by atoms with Crippen molar-refractivity contribution in [2.45, 2.75) is 32.6 Å². The zero-order chi connectivity index (χ0) is 17.6. The average molecular weight is 359 g/mol. The number of rotatable bonds is 3. The predicted molar refractivity (Wildman–Crippen MR) is 95.8 cm³/mol. The Morgan fingerprint density at radius 2 is 2.20 bits per heavy atom. The summed E-state index contributed by atoms with van der Waals surface area (Å²) < 4.78 is 1.58. The van der Waals surface area contributed by atoms with E-state index in [1.54, 1.807) is 10.7 Å². The third-order valence-corrected chi connectivity index (χ3v) is 5.93. The van der Waals surface area contributed by atoms with Crippen molar-refractivity contribution in [2.75, 3.05) is 18.8 Å². The topological polar surface area (TPSA) is 83.9 Å². The van der Waals surface area contributed by atoms with Crippen LogP contribution in [0.15, 0.2) is 10.9 Å². The van der Waals surface area contributed by atoms with Gasteiger partial charge in [-0.2, -0.15) is 22.0 Å². The monoisotopic (exact) mass is 359 g/mol. The fourth-order valence-corrected chi connectivity index (χ4v) is 4.46. The van der Waals surface area contributed by atoms with Crippen LogP contribution in [0.3, 0.4) is 0 Å². The van der Waals surface area contributed by atoms with E-state index in [1.165, 1.54) is 0 Å². The Morgan fingerprint density at radius 1 is 1.40 bits per heavy atom. The molecule has 1 amide bonds. The van der Waals surface area contributed by atoms with Crippen LogP contribution in [-0.4, -0.2) is 49.6 Å². The number of hydrogen-bond donors (Lipinski definition) is 1. The van der Waals surface area contributed by atoms with Crippen molar-refractivity contribution in [2.24, 2.45) is 5.92 Å². The molecule has 2 aromatic heterocycles. The number of carbonyl (C=O) groups excluding carboxylic acids is 1. The van der Waals surface area contributed by atoms with E-state index in [1.807, 2.05) is 30.5 Å². The number of aromatic nitrogens is 4. The van der Waals surface area contributed by atoms with E-state index in [2.05, 4.69) is 15.3 Å². The second-order valence-electron chi connectivity index (χ2n) is 6.82. The Labute approximate surface area is 149 Å². The summed E-state index contributed by atoms with van der Waals surface area (Å²) in [6, 6.07) is 1.73. The number of H-pyrrole nitrogens is 1. The van der Waals surface area contributed by atoms with Gasteiger partial charge < -0.3 is 4.90 Å². The van der Waals surface area contributed by atoms with Gasteiger partial charge in [-0.3, -0.25) is 14.7 Å². The molecule has 0 aromatic carbocycles. The first-order valence-corrected chi connectivity index (χ1v) is 9.67. The smallest absolute Gasteiger partial charge is 0.267 e. The third-order valence-electron chi connectivity index (χ3n) is 4.92. The summed E-state index contributed by atoms with van der Waals surface area (Å²) in [7, 11) is 0. The number of nitrogens with one attached hydrogen (secondary N) is 1. The van der Waals surface area contributed by atoms with Crippen LogP contribution in [0, 0.1) is 19.8 Å². The standard InChI is InChI=1S/C17H21N5O2S/c1-10-16(11(2)19-18-10)17(24)21-6-12(7-21)8-22-15(23)5-13-9-25-4-3-14(13)20-22/h5,12H,3-4,6-9H2,1-2H3,(H,18,19). The van der Waals surface area contributed by atoms with Gasteiger partial charge in [-0.25, -0.2) is 4.68 Å². The van der Waals surface area contributed by atoms with E-state index in [4.69, 9.17) is 0 Å². The van der Waals surface area contributed by atoms with Crippen LogP contribution in [0.1, 0.15) is 33.0 Å². The number of likely N-dealkylation sites (tertiary alicyclic amines) is 1. The molecular formula is C17H21N5O2S. The highest BCUT2D eigenvalue weighted by atomic mass is 32.2. The molecule has 1 N–H and O–H groups in total. The van der Waals surface area contributed by atoms with E-state index in [0.29, 0.717) is 25.2 Å². The lowest BCUT2D eigenvalue weighted by atomic mass is 9.98. The molecule has 1 fully saturated rings. The molecule has 4 rings (SSSR count). The molecule has 132 valence electrons. The van der Waals surface area contributed by atoms with Crippen molar-refractivity contribution in [1.82, 2.24) is 24.9 Å². The molecule has 0 aliphatic carbocycles. The fraction of sp³-hybridized carbons (Fsp3) is 0.529. The van der Waals surface area contributed by atoms with Crippen LogP contribution >= 0.6 is 11.8 Å². The van der Waals surface area contributed by atoms with Gasteiger partial charge in [-0.05, 0) is 25.2 Å². The van der Waals surface area contributed by atoms with Gasteiger partial charge in [-0.15, -0.1) is 0 Å². The molecule has 25 heavy (non-hydrogen) atoms. The van der Waals surface area contributed by atoms with E-state index in [9.17, 15) is 9.59 Å². The lowest BCUT2D eigenvalue weighted by molar-refractivity contribution is 0.0456. The molecule has 0 unspecified atom stereocenters. The summed E-state index contributed by atoms with van der Waals surface area (Å²) in [4.78, 5) is 26.6. The number of aryl methyl sites for hydroxylation is 3. The number of hydrogen-bond acceptors (Lipinski definition) is 5. The molecule has 8 heteroatoms. The Hall–Kier alpha value is -2.09. The molecule has 2 aliphatic rings. The van der Waals surface area contributed by atoms with Crippen LogP contribution in [-0.2, 0) is 18.7 Å². The van der Waals surface area contributed by atoms with Crippen LogP contribution in [0.5, 0.6) is 0 Å². The fourth-order valence-electron chi connectivity index (χ4n) is 3.50. The Kier molecular flexibility index (Phi) is 4.15. The van der Waals surface area contributed by atoms with Crippen LogP contribution in [0.25, 0.3) is 0 Å². The molecular weight excluding hydrogens is 338 g/mol. The second-order valence-corrected chi connectivity index (χ2v) is 7.93. The number of amides is 1. The van der Waals surface area contributed by atoms with Gasteiger partial charge >= 0.3 is 0 Å². The maximum Gasteiger partial charge on any atom is 0.267 e. The summed E-state index contributed by atoms with van der Waals surface area (Å²) in [6.07, 6.45) is 0.925. The first-order chi connectivity index (χ1) is 12.0. The summed E-state index contributed by atoms with van der Waals surface area (Å²) >= 11 is 1.85. The first-order valence-electron chi connectivity index (χ1n) is 8.51. The molecule has 7 nitrogen and oxygen atoms in total. The van der Waals surface area contributed by atoms with Crippen LogP contribution in [0.2, 0.25) is 0 Å². The zero-order valence-corrected chi connectivity index (χ0v) is 15.2. The molecule has 0 atom stereocenters. The van der Waals surface area contributed by atoms with E-state index in [0.717, 1.165) is 40.6 Å². The molecule has 1 saturated heterocycles. The Balaban J connectivity index is 1.42. The quantitative estimate of drug-likeness (QED) is 0.889. The van der Waals surface area contributed by atoms with Gasteiger partial charge in [0.1, 0.15) is 0 Å². The predicted octanol–water partition coefficient (Wildman–Crippen LogP) is 1.14. The Bertz CT molecular complexity index is 862. The molecule has 0 saturated carbocycles. The SMILES string of the molecule is Cc1n[nH]c(C)c1C(=O)N1CC(Cn2nc3c(cc2=O)CSCC3)C1. The number of thioether (sulfide) groups is 1. The van der Waals surface area contributed by atoms with Gasteiger partial charge in [0, 0.05) is 42.9 Å². The number of nitrogens with zero attached hydrogens (tertiary/aromatic N) is 4. The van der Waals surface area contributed by atoms with Crippen LogP contribution in [0.4, 0.5) is 0 Å². The van der Waals surface area contributed by atoms with Gasteiger partial charge in [-0.1, -0.05) is 0 Å². The largest absolute Gasteiger partial charge is 0.338 e. The first kappa shape index (κ1) is 16.4. The highest BCUT2D eigenvalue weighted by molar-refractivity contribution is 7.98. The summed E-state index contributed by atoms with van der Waals surface area (Å²) in [5.41, 5.74) is 4.30. The maximum atomic E-state index is 12.6. The van der Waals surface area contributed by atoms with Crippen molar-refractivity contribution in [1.29, 1.82) is 0 Å². The minimum atomic E-state index is -0.0347. The number of aromatic amines is 1. The van der Waals surface area contributed by atoms with Crippen molar-refractivity contribution in [3.05, 3.63) is 44.6 Å². The normalized spacial score (nSPS) is 17.3. The van der Waals surface area contributed by atoms with Crippen molar-refractivity contribution in [3.8, 4) is 0 Å².